The minimum atomic E-state index is -4.42. The predicted octanol–water partition coefficient (Wildman–Crippen LogP) is 3.88. The number of halogens is 3. The number of hydrogen-bond acceptors (Lipinski definition) is 4. The van der Waals surface area contributed by atoms with Gasteiger partial charge in [0.25, 0.3) is 0 Å². The molecular weight excluding hydrogens is 375 g/mol. The van der Waals surface area contributed by atoms with Gasteiger partial charge in [-0.05, 0) is 31.5 Å². The summed E-state index contributed by atoms with van der Waals surface area (Å²) in [5, 5.41) is 6.44. The quantitative estimate of drug-likeness (QED) is 0.524. The molecule has 0 aliphatic heterocycles. The highest BCUT2D eigenvalue weighted by Gasteiger charge is 2.32. The molecule has 0 saturated carbocycles. The van der Waals surface area contributed by atoms with E-state index < -0.39 is 16.5 Å². The maximum atomic E-state index is 12.6. The topological polar surface area (TPSA) is 54.0 Å². The van der Waals surface area contributed by atoms with Crippen molar-refractivity contribution in [3.8, 4) is 0 Å². The zero-order valence-electron chi connectivity index (χ0n) is 15.1. The van der Waals surface area contributed by atoms with Crippen molar-refractivity contribution in [2.45, 2.75) is 36.3 Å². The summed E-state index contributed by atoms with van der Waals surface area (Å²) in [5.41, 5.74) is 0.353. The number of rotatable bonds is 8. The van der Waals surface area contributed by atoms with E-state index in [0.29, 0.717) is 24.7 Å². The molecule has 0 unspecified atom stereocenters. The Bertz CT molecular complexity index is 734. The smallest absolute Gasteiger partial charge is 0.354 e. The first-order valence-electron chi connectivity index (χ1n) is 8.44. The second-order valence-electron chi connectivity index (χ2n) is 6.41. The van der Waals surface area contributed by atoms with Crippen molar-refractivity contribution in [3.05, 3.63) is 59.8 Å². The third kappa shape index (κ3) is 6.88. The first kappa shape index (κ1) is 21.2. The maximum absolute atomic E-state index is 12.6. The molecule has 1 aromatic heterocycles. The van der Waals surface area contributed by atoms with Crippen molar-refractivity contribution in [2.75, 3.05) is 13.1 Å². The second kappa shape index (κ2) is 9.23. The lowest BCUT2D eigenvalue weighted by Gasteiger charge is -2.22. The van der Waals surface area contributed by atoms with E-state index in [1.165, 1.54) is 6.07 Å². The fraction of sp³-hybridized carbons (Fsp3) is 0.368. The number of nitrogens with zero attached hydrogens (tertiary/aromatic N) is 1. The lowest BCUT2D eigenvalue weighted by molar-refractivity contribution is -0.137. The standard InChI is InChI=1S/C19H22F3N3OS/c1-18(2,27-16-9-8-15(13-25-16)19(20,21)22)17(26)24-11-10-23-12-14-6-4-3-5-7-14/h3-9,13,23H,10-12H2,1-2H3,(H,24,26). The van der Waals surface area contributed by atoms with Crippen molar-refractivity contribution in [2.24, 2.45) is 0 Å². The lowest BCUT2D eigenvalue weighted by Crippen LogP contribution is -2.42. The van der Waals surface area contributed by atoms with E-state index in [0.717, 1.165) is 29.6 Å². The lowest BCUT2D eigenvalue weighted by atomic mass is 10.2. The summed E-state index contributed by atoms with van der Waals surface area (Å²) < 4.78 is 36.9. The number of carbonyl (C=O) groups is 1. The Kier molecular flexibility index (Phi) is 7.26. The monoisotopic (exact) mass is 397 g/mol. The average Bonchev–Trinajstić information content (AvgIpc) is 2.61. The van der Waals surface area contributed by atoms with Gasteiger partial charge in [0, 0.05) is 25.8 Å². The minimum absolute atomic E-state index is 0.198. The molecule has 0 radical (unpaired) electrons. The molecule has 4 nitrogen and oxygen atoms in total. The number of benzene rings is 1. The van der Waals surface area contributed by atoms with Crippen LogP contribution in [0.2, 0.25) is 0 Å². The Labute approximate surface area is 161 Å². The van der Waals surface area contributed by atoms with Crippen LogP contribution in [0.3, 0.4) is 0 Å². The van der Waals surface area contributed by atoms with Gasteiger partial charge in [0.1, 0.15) is 0 Å². The highest BCUT2D eigenvalue weighted by atomic mass is 32.2. The van der Waals surface area contributed by atoms with Gasteiger partial charge in [-0.15, -0.1) is 0 Å². The van der Waals surface area contributed by atoms with Crippen molar-refractivity contribution in [1.29, 1.82) is 0 Å². The predicted molar refractivity (Wildman–Crippen MR) is 100 cm³/mol. The first-order valence-corrected chi connectivity index (χ1v) is 9.25. The Hall–Kier alpha value is -2.06. The van der Waals surface area contributed by atoms with Crippen molar-refractivity contribution in [1.82, 2.24) is 15.6 Å². The Morgan fingerprint density at radius 3 is 2.37 bits per heavy atom. The van der Waals surface area contributed by atoms with Gasteiger partial charge in [-0.2, -0.15) is 13.2 Å². The summed E-state index contributed by atoms with van der Waals surface area (Å²) in [6.07, 6.45) is -3.64. The van der Waals surface area contributed by atoms with Gasteiger partial charge in [0.2, 0.25) is 5.91 Å². The summed E-state index contributed by atoms with van der Waals surface area (Å²) in [7, 11) is 0. The van der Waals surface area contributed by atoms with Crippen LogP contribution in [0.5, 0.6) is 0 Å². The average molecular weight is 397 g/mol. The highest BCUT2D eigenvalue weighted by molar-refractivity contribution is 8.01. The number of amides is 1. The fourth-order valence-corrected chi connectivity index (χ4v) is 3.15. The van der Waals surface area contributed by atoms with Crippen LogP contribution < -0.4 is 10.6 Å². The summed E-state index contributed by atoms with van der Waals surface area (Å²) in [4.78, 5) is 16.2. The molecule has 0 atom stereocenters. The highest BCUT2D eigenvalue weighted by Crippen LogP contribution is 2.33. The molecule has 1 amide bonds. The molecule has 0 fully saturated rings. The Morgan fingerprint density at radius 2 is 1.78 bits per heavy atom. The molecule has 0 aliphatic rings. The molecule has 8 heteroatoms. The SMILES string of the molecule is CC(C)(Sc1ccc(C(F)(F)F)cn1)C(=O)NCCNCc1ccccc1. The van der Waals surface area contributed by atoms with E-state index in [4.69, 9.17) is 0 Å². The summed E-state index contributed by atoms with van der Waals surface area (Å²) in [6, 6.07) is 12.2. The molecule has 1 aromatic carbocycles. The van der Waals surface area contributed by atoms with E-state index in [1.807, 2.05) is 30.3 Å². The zero-order valence-corrected chi connectivity index (χ0v) is 16.0. The van der Waals surface area contributed by atoms with Gasteiger partial charge < -0.3 is 10.6 Å². The van der Waals surface area contributed by atoms with E-state index in [1.54, 1.807) is 13.8 Å². The number of thioether (sulfide) groups is 1. The number of carbonyl (C=O) groups excluding carboxylic acids is 1. The van der Waals surface area contributed by atoms with Crippen LogP contribution in [0.15, 0.2) is 53.7 Å². The van der Waals surface area contributed by atoms with Gasteiger partial charge in [0.05, 0.1) is 15.3 Å². The van der Waals surface area contributed by atoms with Crippen molar-refractivity contribution >= 4 is 17.7 Å². The number of aromatic nitrogens is 1. The second-order valence-corrected chi connectivity index (χ2v) is 8.06. The molecule has 2 aromatic rings. The Balaban J connectivity index is 1.77. The van der Waals surface area contributed by atoms with Gasteiger partial charge in [0.15, 0.2) is 0 Å². The summed E-state index contributed by atoms with van der Waals surface area (Å²) >= 11 is 1.12. The molecule has 27 heavy (non-hydrogen) atoms. The van der Waals surface area contributed by atoms with E-state index >= 15 is 0 Å². The number of alkyl halides is 3. The largest absolute Gasteiger partial charge is 0.417 e. The zero-order chi connectivity index (χ0) is 19.9. The van der Waals surface area contributed by atoms with Gasteiger partial charge in [-0.25, -0.2) is 4.98 Å². The number of pyridine rings is 1. The van der Waals surface area contributed by atoms with Crippen molar-refractivity contribution < 1.29 is 18.0 Å². The molecule has 2 N–H and O–H groups in total. The van der Waals surface area contributed by atoms with E-state index in [-0.39, 0.29) is 5.91 Å². The normalized spacial score (nSPS) is 12.0. The summed E-state index contributed by atoms with van der Waals surface area (Å²) in [5.74, 6) is -0.198. The molecule has 0 saturated heterocycles. The van der Waals surface area contributed by atoms with Crippen LogP contribution in [0.1, 0.15) is 25.0 Å². The molecule has 1 heterocycles. The fourth-order valence-electron chi connectivity index (χ4n) is 2.22. The molecule has 0 aliphatic carbocycles. The number of nitrogens with one attached hydrogen (secondary N) is 2. The number of hydrogen-bond donors (Lipinski definition) is 2. The molecular formula is C19H22F3N3OS. The van der Waals surface area contributed by atoms with Gasteiger partial charge >= 0.3 is 6.18 Å². The molecule has 0 spiro atoms. The molecule has 0 bridgehead atoms. The van der Waals surface area contributed by atoms with Gasteiger partial charge in [-0.3, -0.25) is 4.79 Å². The molecule has 2 rings (SSSR count). The minimum Gasteiger partial charge on any atom is -0.354 e. The van der Waals surface area contributed by atoms with E-state index in [2.05, 4.69) is 15.6 Å². The van der Waals surface area contributed by atoms with E-state index in [9.17, 15) is 18.0 Å². The van der Waals surface area contributed by atoms with Crippen molar-refractivity contribution in [3.63, 3.8) is 0 Å². The van der Waals surface area contributed by atoms with Crippen LogP contribution in [0.4, 0.5) is 13.2 Å². The third-order valence-electron chi connectivity index (χ3n) is 3.73. The van der Waals surface area contributed by atoms with Crippen LogP contribution >= 0.6 is 11.8 Å². The Morgan fingerprint density at radius 1 is 1.07 bits per heavy atom. The first-order chi connectivity index (χ1) is 12.7. The molecule has 146 valence electrons. The van der Waals surface area contributed by atoms with Gasteiger partial charge in [-0.1, -0.05) is 42.1 Å². The maximum Gasteiger partial charge on any atom is 0.417 e. The summed E-state index contributed by atoms with van der Waals surface area (Å²) in [6.45, 7) is 5.20. The van der Waals surface area contributed by atoms with Crippen LogP contribution in [0, 0.1) is 0 Å². The van der Waals surface area contributed by atoms with Crippen LogP contribution in [0.25, 0.3) is 0 Å². The van der Waals surface area contributed by atoms with Crippen LogP contribution in [-0.4, -0.2) is 28.7 Å². The third-order valence-corrected chi connectivity index (χ3v) is 4.88. The van der Waals surface area contributed by atoms with Crippen LogP contribution in [-0.2, 0) is 17.5 Å².